The smallest absolute Gasteiger partial charge is 0.190 e. The highest BCUT2D eigenvalue weighted by atomic mass is 35.5. The molecule has 0 saturated carbocycles. The number of thioether (sulfide) groups is 1. The number of fused-ring (bicyclic) bond motifs is 2. The molecule has 1 fully saturated rings. The van der Waals surface area contributed by atoms with E-state index in [1.54, 1.807) is 0 Å². The first-order valence-electron chi connectivity index (χ1n) is 8.79. The summed E-state index contributed by atoms with van der Waals surface area (Å²) in [5.74, 6) is 1.53. The molecule has 4 heterocycles. The maximum atomic E-state index is 14.7. The summed E-state index contributed by atoms with van der Waals surface area (Å²) in [5.41, 5.74) is 1.13. The lowest BCUT2D eigenvalue weighted by Gasteiger charge is -2.40. The minimum Gasteiger partial charge on any atom is -0.350 e. The molecule has 0 aliphatic carbocycles. The van der Waals surface area contributed by atoms with Gasteiger partial charge in [-0.3, -0.25) is 0 Å². The predicted molar refractivity (Wildman–Crippen MR) is 100 cm³/mol. The summed E-state index contributed by atoms with van der Waals surface area (Å²) in [4.78, 5) is 16.0. The van der Waals surface area contributed by atoms with Gasteiger partial charge in [0.25, 0.3) is 0 Å². The average molecular weight is 382 g/mol. The van der Waals surface area contributed by atoms with Gasteiger partial charge in [-0.25, -0.2) is 19.3 Å². The summed E-state index contributed by atoms with van der Waals surface area (Å²) < 4.78 is 14.7. The second-order valence-electron chi connectivity index (χ2n) is 6.49. The van der Waals surface area contributed by atoms with E-state index in [-0.39, 0.29) is 5.15 Å². The van der Waals surface area contributed by atoms with Crippen LogP contribution >= 0.6 is 23.4 Å². The number of hydrogen-bond acceptors (Lipinski definition) is 6. The van der Waals surface area contributed by atoms with E-state index in [2.05, 4.69) is 27.1 Å². The Labute approximate surface area is 155 Å². The topological polar surface area (TPSA) is 53.9 Å². The van der Waals surface area contributed by atoms with Crippen molar-refractivity contribution in [2.75, 3.05) is 30.3 Å². The maximum absolute atomic E-state index is 14.7. The normalized spacial score (nSPS) is 22.8. The summed E-state index contributed by atoms with van der Waals surface area (Å²) in [5, 5.41) is 4.74. The molecule has 1 N–H and O–H groups in total. The lowest BCUT2D eigenvalue weighted by atomic mass is 9.90. The molecular formula is C17H21ClFN5S. The molecule has 0 radical (unpaired) electrons. The lowest BCUT2D eigenvalue weighted by Crippen LogP contribution is -2.54. The molecule has 2 aliphatic heterocycles. The van der Waals surface area contributed by atoms with Gasteiger partial charge in [-0.15, -0.1) is 0 Å². The Balaban J connectivity index is 2.01. The van der Waals surface area contributed by atoms with E-state index in [1.165, 1.54) is 11.8 Å². The van der Waals surface area contributed by atoms with Crippen LogP contribution in [0, 0.1) is 11.7 Å². The van der Waals surface area contributed by atoms with E-state index in [0.717, 1.165) is 55.1 Å². The number of halogens is 2. The molecule has 2 aliphatic rings. The molecule has 0 bridgehead atoms. The number of pyridine rings is 1. The van der Waals surface area contributed by atoms with Crippen molar-refractivity contribution in [1.29, 1.82) is 0 Å². The Bertz CT molecular complexity index is 817. The zero-order valence-corrected chi connectivity index (χ0v) is 15.9. The van der Waals surface area contributed by atoms with Crippen molar-refractivity contribution in [1.82, 2.24) is 20.3 Å². The van der Waals surface area contributed by atoms with E-state index in [0.29, 0.717) is 22.6 Å². The van der Waals surface area contributed by atoms with Crippen LogP contribution in [0.5, 0.6) is 0 Å². The second-order valence-corrected chi connectivity index (χ2v) is 8.08. The highest BCUT2D eigenvalue weighted by Gasteiger charge is 2.36. The fraction of sp³-hybridized carbons (Fsp3) is 0.588. The molecule has 1 saturated heterocycles. The predicted octanol–water partition coefficient (Wildman–Crippen LogP) is 3.29. The van der Waals surface area contributed by atoms with Crippen LogP contribution in [0.4, 0.5) is 10.2 Å². The maximum Gasteiger partial charge on any atom is 0.190 e. The standard InChI is InChI=1S/C17H21ClFN5S/c1-3-9-7-10-12-14(13(19)15(18)21-10)22-17(25-4-2)23-16(12)24-6-5-20-8-11(9)24/h9,11,20H,3-8H2,1-2H3. The Morgan fingerprint density at radius 3 is 2.92 bits per heavy atom. The quantitative estimate of drug-likeness (QED) is 0.500. The number of hydrogen-bond donors (Lipinski definition) is 1. The van der Waals surface area contributed by atoms with Gasteiger partial charge in [0.05, 0.1) is 11.1 Å². The van der Waals surface area contributed by atoms with Crippen LogP contribution in [0.15, 0.2) is 5.16 Å². The molecule has 2 aromatic heterocycles. The first kappa shape index (κ1) is 17.2. The zero-order valence-electron chi connectivity index (χ0n) is 14.4. The molecule has 2 unspecified atom stereocenters. The molecule has 134 valence electrons. The zero-order chi connectivity index (χ0) is 17.6. The van der Waals surface area contributed by atoms with Gasteiger partial charge in [-0.05, 0) is 18.1 Å². The SMILES string of the molecule is CCSc1nc2c3c(nc(Cl)c(F)c3n1)CC(CC)C1CNCCN21. The van der Waals surface area contributed by atoms with Crippen LogP contribution in [0.3, 0.4) is 0 Å². The number of nitrogens with one attached hydrogen (secondary N) is 1. The summed E-state index contributed by atoms with van der Waals surface area (Å²) in [6.07, 6.45) is 1.80. The highest BCUT2D eigenvalue weighted by Crippen LogP contribution is 2.39. The van der Waals surface area contributed by atoms with Crippen molar-refractivity contribution in [3.8, 4) is 0 Å². The van der Waals surface area contributed by atoms with Gasteiger partial charge in [0.15, 0.2) is 16.1 Å². The average Bonchev–Trinajstić information content (AvgIpc) is 2.75. The molecule has 4 rings (SSSR count). The third-order valence-corrected chi connectivity index (χ3v) is 6.11. The monoisotopic (exact) mass is 381 g/mol. The van der Waals surface area contributed by atoms with Gasteiger partial charge >= 0.3 is 0 Å². The first-order valence-corrected chi connectivity index (χ1v) is 10.2. The summed E-state index contributed by atoms with van der Waals surface area (Å²) in [6, 6.07) is 0.326. The minimum absolute atomic E-state index is 0.0903. The van der Waals surface area contributed by atoms with E-state index in [4.69, 9.17) is 16.6 Å². The molecule has 5 nitrogen and oxygen atoms in total. The number of piperazine rings is 1. The van der Waals surface area contributed by atoms with Crippen molar-refractivity contribution >= 4 is 40.1 Å². The first-order chi connectivity index (χ1) is 12.1. The van der Waals surface area contributed by atoms with Gasteiger partial charge in [0.1, 0.15) is 11.3 Å². The van der Waals surface area contributed by atoms with Crippen LogP contribution in [0.25, 0.3) is 10.9 Å². The summed E-state index contributed by atoms with van der Waals surface area (Å²) in [7, 11) is 0. The van der Waals surface area contributed by atoms with E-state index in [9.17, 15) is 4.39 Å². The lowest BCUT2D eigenvalue weighted by molar-refractivity contribution is 0.340. The van der Waals surface area contributed by atoms with Crippen molar-refractivity contribution in [3.63, 3.8) is 0 Å². The molecule has 8 heteroatoms. The van der Waals surface area contributed by atoms with Crippen molar-refractivity contribution < 1.29 is 4.39 Å². The molecule has 0 spiro atoms. The second kappa shape index (κ2) is 6.85. The van der Waals surface area contributed by atoms with Crippen LogP contribution < -0.4 is 10.2 Å². The van der Waals surface area contributed by atoms with Crippen LogP contribution in [0.2, 0.25) is 5.15 Å². The van der Waals surface area contributed by atoms with Crippen LogP contribution in [-0.4, -0.2) is 46.4 Å². The number of aromatic nitrogens is 3. The van der Waals surface area contributed by atoms with Gasteiger partial charge < -0.3 is 10.2 Å². The van der Waals surface area contributed by atoms with Gasteiger partial charge in [0.2, 0.25) is 0 Å². The van der Waals surface area contributed by atoms with Crippen molar-refractivity contribution in [2.45, 2.75) is 37.9 Å². The largest absolute Gasteiger partial charge is 0.350 e. The van der Waals surface area contributed by atoms with Gasteiger partial charge in [0, 0.05) is 25.7 Å². The van der Waals surface area contributed by atoms with Gasteiger partial charge in [-0.1, -0.05) is 43.6 Å². The highest BCUT2D eigenvalue weighted by molar-refractivity contribution is 7.99. The molecular weight excluding hydrogens is 361 g/mol. The Morgan fingerprint density at radius 2 is 2.16 bits per heavy atom. The van der Waals surface area contributed by atoms with E-state index >= 15 is 0 Å². The molecule has 0 amide bonds. The fourth-order valence-electron chi connectivity index (χ4n) is 3.93. The van der Waals surface area contributed by atoms with Gasteiger partial charge in [-0.2, -0.15) is 0 Å². The fourth-order valence-corrected chi connectivity index (χ4v) is 4.69. The molecule has 25 heavy (non-hydrogen) atoms. The molecule has 2 aromatic rings. The Kier molecular flexibility index (Phi) is 4.73. The number of anilines is 1. The van der Waals surface area contributed by atoms with Crippen LogP contribution in [0.1, 0.15) is 26.0 Å². The number of nitrogens with zero attached hydrogens (tertiary/aromatic N) is 4. The number of rotatable bonds is 3. The Morgan fingerprint density at radius 1 is 1.32 bits per heavy atom. The van der Waals surface area contributed by atoms with Crippen LogP contribution in [-0.2, 0) is 6.42 Å². The third kappa shape index (κ3) is 2.86. The Hall–Kier alpha value is -1.18. The van der Waals surface area contributed by atoms with Crippen molar-refractivity contribution in [2.24, 2.45) is 5.92 Å². The van der Waals surface area contributed by atoms with Crippen molar-refractivity contribution in [3.05, 3.63) is 16.7 Å². The molecule has 0 aromatic carbocycles. The third-order valence-electron chi connectivity index (χ3n) is 5.13. The van der Waals surface area contributed by atoms with E-state index in [1.807, 2.05) is 6.92 Å². The molecule has 2 atom stereocenters. The van der Waals surface area contributed by atoms with E-state index < -0.39 is 5.82 Å². The minimum atomic E-state index is -0.538. The summed E-state index contributed by atoms with van der Waals surface area (Å²) >= 11 is 7.62. The summed E-state index contributed by atoms with van der Waals surface area (Å²) in [6.45, 7) is 6.89.